The zero-order valence-electron chi connectivity index (χ0n) is 12.4. The normalized spacial score (nSPS) is 10.2. The minimum Gasteiger partial charge on any atom is -0.462 e. The molecule has 0 bridgehead atoms. The van der Waals surface area contributed by atoms with E-state index in [4.69, 9.17) is 14.2 Å². The summed E-state index contributed by atoms with van der Waals surface area (Å²) >= 11 is 0. The van der Waals surface area contributed by atoms with E-state index in [-0.39, 0.29) is 25.7 Å². The fraction of sp³-hybridized carbons (Fsp3) is 0.467. The van der Waals surface area contributed by atoms with Gasteiger partial charge in [0.1, 0.15) is 19.8 Å². The van der Waals surface area contributed by atoms with Crippen LogP contribution in [-0.4, -0.2) is 44.9 Å². The van der Waals surface area contributed by atoms with Crippen LogP contribution in [-0.2, 0) is 23.8 Å². The Balaban J connectivity index is 2.14. The predicted octanol–water partition coefficient (Wildman–Crippen LogP) is 1.53. The quantitative estimate of drug-likeness (QED) is 0.552. The smallest absolute Gasteiger partial charge is 0.332 e. The summed E-state index contributed by atoms with van der Waals surface area (Å²) in [6.07, 6.45) is 0. The molecule has 0 saturated carbocycles. The number of anilines is 1. The number of hydrogen-bond donors (Lipinski definition) is 1. The molecule has 0 aliphatic carbocycles. The first-order valence-corrected chi connectivity index (χ1v) is 6.79. The van der Waals surface area contributed by atoms with Crippen LogP contribution in [0.5, 0.6) is 0 Å². The zero-order chi connectivity index (χ0) is 15.5. The first-order chi connectivity index (χ1) is 10.1. The van der Waals surface area contributed by atoms with Crippen LogP contribution in [0.4, 0.5) is 5.69 Å². The third-order valence-corrected chi connectivity index (χ3v) is 2.45. The molecule has 0 fully saturated rings. The van der Waals surface area contributed by atoms with Crippen LogP contribution in [0.1, 0.15) is 12.5 Å². The summed E-state index contributed by atoms with van der Waals surface area (Å²) in [5.74, 6) is -0.833. The maximum absolute atomic E-state index is 11.6. The lowest BCUT2D eigenvalue weighted by atomic mass is 10.2. The number of aryl methyl sites for hydroxylation is 1. The van der Waals surface area contributed by atoms with Gasteiger partial charge in [0.15, 0.2) is 0 Å². The molecule has 1 rings (SSSR count). The van der Waals surface area contributed by atoms with Crippen molar-refractivity contribution in [2.75, 3.05) is 38.4 Å². The van der Waals surface area contributed by atoms with E-state index >= 15 is 0 Å². The number of amides is 1. The summed E-state index contributed by atoms with van der Waals surface area (Å²) in [6.45, 7) is 4.46. The van der Waals surface area contributed by atoms with Crippen molar-refractivity contribution in [2.45, 2.75) is 13.8 Å². The van der Waals surface area contributed by atoms with Crippen molar-refractivity contribution < 1.29 is 23.8 Å². The Morgan fingerprint density at radius 2 is 1.95 bits per heavy atom. The van der Waals surface area contributed by atoms with E-state index in [2.05, 4.69) is 5.32 Å². The lowest BCUT2D eigenvalue weighted by molar-refractivity contribution is -0.151. The van der Waals surface area contributed by atoms with Crippen molar-refractivity contribution in [2.24, 2.45) is 0 Å². The second-order valence-corrected chi connectivity index (χ2v) is 4.33. The second-order valence-electron chi connectivity index (χ2n) is 4.33. The summed E-state index contributed by atoms with van der Waals surface area (Å²) in [5.41, 5.74) is 1.74. The molecule has 6 nitrogen and oxygen atoms in total. The molecule has 0 spiro atoms. The van der Waals surface area contributed by atoms with E-state index < -0.39 is 5.97 Å². The second kappa shape index (κ2) is 9.90. The molecule has 21 heavy (non-hydrogen) atoms. The van der Waals surface area contributed by atoms with Gasteiger partial charge in [0.05, 0.1) is 6.61 Å². The van der Waals surface area contributed by atoms with Crippen molar-refractivity contribution in [1.82, 2.24) is 0 Å². The SMILES string of the molecule is CCOCCOC(=O)COCC(=O)Nc1cccc(C)c1. The molecule has 6 heteroatoms. The molecule has 0 aliphatic heterocycles. The number of esters is 1. The summed E-state index contributed by atoms with van der Waals surface area (Å²) in [6, 6.07) is 7.42. The van der Waals surface area contributed by atoms with Gasteiger partial charge in [0.2, 0.25) is 5.91 Å². The number of nitrogens with one attached hydrogen (secondary N) is 1. The van der Waals surface area contributed by atoms with Gasteiger partial charge >= 0.3 is 5.97 Å². The summed E-state index contributed by atoms with van der Waals surface area (Å²) in [4.78, 5) is 22.9. The van der Waals surface area contributed by atoms with Crippen LogP contribution in [0.2, 0.25) is 0 Å². The van der Waals surface area contributed by atoms with Crippen molar-refractivity contribution in [3.63, 3.8) is 0 Å². The Morgan fingerprint density at radius 3 is 2.67 bits per heavy atom. The fourth-order valence-corrected chi connectivity index (χ4v) is 1.55. The third-order valence-electron chi connectivity index (χ3n) is 2.45. The number of hydrogen-bond acceptors (Lipinski definition) is 5. The van der Waals surface area contributed by atoms with Crippen LogP contribution >= 0.6 is 0 Å². The van der Waals surface area contributed by atoms with Gasteiger partial charge in [0.25, 0.3) is 0 Å². The average molecular weight is 295 g/mol. The molecule has 1 aromatic rings. The zero-order valence-corrected chi connectivity index (χ0v) is 12.4. The number of rotatable bonds is 9. The molecule has 0 radical (unpaired) electrons. The Kier molecular flexibility index (Phi) is 8.08. The highest BCUT2D eigenvalue weighted by molar-refractivity contribution is 5.91. The van der Waals surface area contributed by atoms with Gasteiger partial charge in [-0.2, -0.15) is 0 Å². The van der Waals surface area contributed by atoms with Crippen LogP contribution in [0, 0.1) is 6.92 Å². The molecule has 0 heterocycles. The average Bonchev–Trinajstić information content (AvgIpc) is 2.43. The minimum atomic E-state index is -0.516. The molecular formula is C15H21NO5. The first kappa shape index (κ1) is 17.1. The maximum atomic E-state index is 11.6. The van der Waals surface area contributed by atoms with Crippen molar-refractivity contribution in [3.8, 4) is 0 Å². The molecule has 1 aromatic carbocycles. The number of ether oxygens (including phenoxy) is 3. The van der Waals surface area contributed by atoms with Crippen molar-refractivity contribution >= 4 is 17.6 Å². The van der Waals surface area contributed by atoms with Crippen LogP contribution in [0.25, 0.3) is 0 Å². The van der Waals surface area contributed by atoms with Gasteiger partial charge in [0, 0.05) is 12.3 Å². The molecule has 1 N–H and O–H groups in total. The summed E-state index contributed by atoms with van der Waals surface area (Å²) in [5, 5.41) is 2.68. The van der Waals surface area contributed by atoms with Gasteiger partial charge in [-0.25, -0.2) is 4.79 Å². The molecule has 0 aromatic heterocycles. The van der Waals surface area contributed by atoms with Crippen molar-refractivity contribution in [3.05, 3.63) is 29.8 Å². The number of benzene rings is 1. The van der Waals surface area contributed by atoms with Gasteiger partial charge < -0.3 is 19.5 Å². The predicted molar refractivity (Wildman–Crippen MR) is 78.1 cm³/mol. The molecule has 0 saturated heterocycles. The largest absolute Gasteiger partial charge is 0.462 e. The lowest BCUT2D eigenvalue weighted by Crippen LogP contribution is -2.22. The van der Waals surface area contributed by atoms with Crippen LogP contribution in [0.15, 0.2) is 24.3 Å². The Morgan fingerprint density at radius 1 is 1.14 bits per heavy atom. The lowest BCUT2D eigenvalue weighted by Gasteiger charge is -2.07. The van der Waals surface area contributed by atoms with E-state index in [1.54, 1.807) is 6.07 Å². The number of carbonyl (C=O) groups is 2. The molecule has 1 amide bonds. The van der Waals surface area contributed by atoms with Gasteiger partial charge in [-0.3, -0.25) is 4.79 Å². The van der Waals surface area contributed by atoms with Crippen LogP contribution < -0.4 is 5.32 Å². The molecule has 116 valence electrons. The number of carbonyl (C=O) groups excluding carboxylic acids is 2. The summed E-state index contributed by atoms with van der Waals surface area (Å²) < 4.78 is 14.8. The molecule has 0 atom stereocenters. The maximum Gasteiger partial charge on any atom is 0.332 e. The van der Waals surface area contributed by atoms with Gasteiger partial charge in [-0.05, 0) is 31.5 Å². The Hall–Kier alpha value is -1.92. The highest BCUT2D eigenvalue weighted by atomic mass is 16.6. The Bertz CT molecular complexity index is 461. The van der Waals surface area contributed by atoms with E-state index in [0.717, 1.165) is 5.56 Å². The topological polar surface area (TPSA) is 73.9 Å². The van der Waals surface area contributed by atoms with E-state index in [1.165, 1.54) is 0 Å². The standard InChI is InChI=1S/C15H21NO5/c1-3-19-7-8-21-15(18)11-20-10-14(17)16-13-6-4-5-12(2)9-13/h4-6,9H,3,7-8,10-11H2,1-2H3,(H,16,17). The monoisotopic (exact) mass is 295 g/mol. The van der Waals surface area contributed by atoms with Gasteiger partial charge in [-0.1, -0.05) is 12.1 Å². The molecule has 0 unspecified atom stereocenters. The van der Waals surface area contributed by atoms with Crippen molar-refractivity contribution in [1.29, 1.82) is 0 Å². The van der Waals surface area contributed by atoms with Gasteiger partial charge in [-0.15, -0.1) is 0 Å². The van der Waals surface area contributed by atoms with E-state index in [0.29, 0.717) is 18.9 Å². The highest BCUT2D eigenvalue weighted by Crippen LogP contribution is 2.09. The first-order valence-electron chi connectivity index (χ1n) is 6.79. The fourth-order valence-electron chi connectivity index (χ4n) is 1.55. The molecule has 0 aliphatic rings. The molecular weight excluding hydrogens is 274 g/mol. The van der Waals surface area contributed by atoms with E-state index in [1.807, 2.05) is 32.0 Å². The minimum absolute atomic E-state index is 0.186. The Labute approximate surface area is 124 Å². The van der Waals surface area contributed by atoms with Crippen LogP contribution in [0.3, 0.4) is 0 Å². The third kappa shape index (κ3) is 8.06. The highest BCUT2D eigenvalue weighted by Gasteiger charge is 2.06. The summed E-state index contributed by atoms with van der Waals surface area (Å²) in [7, 11) is 0. The van der Waals surface area contributed by atoms with E-state index in [9.17, 15) is 9.59 Å².